The van der Waals surface area contributed by atoms with Gasteiger partial charge in [0.05, 0.1) is 18.2 Å². The molecule has 1 N–H and O–H groups in total. The van der Waals surface area contributed by atoms with E-state index in [1.807, 2.05) is 6.92 Å². The number of nitrogens with zero attached hydrogens (tertiary/aromatic N) is 3. The van der Waals surface area contributed by atoms with Gasteiger partial charge in [-0.1, -0.05) is 17.7 Å². The molecule has 2 rings (SSSR count). The zero-order valence-corrected chi connectivity index (χ0v) is 11.6. The highest BCUT2D eigenvalue weighted by molar-refractivity contribution is 6.32. The Kier molecular flexibility index (Phi) is 4.39. The molecule has 1 aromatic heterocycles. The van der Waals surface area contributed by atoms with Crippen LogP contribution in [0.5, 0.6) is 5.75 Å². The van der Waals surface area contributed by atoms with E-state index in [0.29, 0.717) is 17.2 Å². The number of hydrogen-bond donors (Lipinski definition) is 1. The number of halogens is 1. The summed E-state index contributed by atoms with van der Waals surface area (Å²) in [5.74, 6) is 1.34. The number of rotatable bonds is 5. The minimum absolute atomic E-state index is 0.399. The summed E-state index contributed by atoms with van der Waals surface area (Å²) in [5.41, 5.74) is 0.733. The smallest absolute Gasteiger partial charge is 0.138 e. The molecule has 5 nitrogen and oxygen atoms in total. The number of methoxy groups -OCH3 is 1. The number of aromatic nitrogens is 3. The Labute approximate surface area is 116 Å². The summed E-state index contributed by atoms with van der Waals surface area (Å²) in [6.07, 6.45) is 1.22. The highest BCUT2D eigenvalue weighted by atomic mass is 35.5. The van der Waals surface area contributed by atoms with Gasteiger partial charge in [0.2, 0.25) is 0 Å². The fraction of sp³-hybridized carbons (Fsp3) is 0.385. The standard InChI is InChI=1S/C13H16ClN3O2/c1-3-17-13(15-8-16-17)7-11(18)9-4-5-12(19-2)10(14)6-9/h4-6,8,11,18H,3,7H2,1-2H3. The van der Waals surface area contributed by atoms with Gasteiger partial charge in [-0.15, -0.1) is 0 Å². The minimum atomic E-state index is -0.669. The van der Waals surface area contributed by atoms with E-state index in [2.05, 4.69) is 10.1 Å². The molecule has 0 amide bonds. The zero-order chi connectivity index (χ0) is 13.8. The summed E-state index contributed by atoms with van der Waals surface area (Å²) in [7, 11) is 1.56. The fourth-order valence-electron chi connectivity index (χ4n) is 1.89. The van der Waals surface area contributed by atoms with Crippen LogP contribution in [0.15, 0.2) is 24.5 Å². The van der Waals surface area contributed by atoms with E-state index in [0.717, 1.165) is 17.9 Å². The van der Waals surface area contributed by atoms with Crippen molar-refractivity contribution in [2.75, 3.05) is 7.11 Å². The molecule has 1 atom stereocenters. The molecule has 102 valence electrons. The van der Waals surface area contributed by atoms with Crippen LogP contribution in [-0.4, -0.2) is 27.0 Å². The highest BCUT2D eigenvalue weighted by Crippen LogP contribution is 2.28. The van der Waals surface area contributed by atoms with E-state index in [1.165, 1.54) is 6.33 Å². The molecule has 6 heteroatoms. The lowest BCUT2D eigenvalue weighted by Crippen LogP contribution is -2.09. The quantitative estimate of drug-likeness (QED) is 0.913. The first-order valence-electron chi connectivity index (χ1n) is 6.04. The fourth-order valence-corrected chi connectivity index (χ4v) is 2.16. The Morgan fingerprint density at radius 1 is 1.47 bits per heavy atom. The summed E-state index contributed by atoms with van der Waals surface area (Å²) in [6, 6.07) is 5.24. The second kappa shape index (κ2) is 6.04. The van der Waals surface area contributed by atoms with E-state index in [9.17, 15) is 5.11 Å². The van der Waals surface area contributed by atoms with Crippen molar-refractivity contribution in [3.05, 3.63) is 40.9 Å². The average Bonchev–Trinajstić information content (AvgIpc) is 2.85. The highest BCUT2D eigenvalue weighted by Gasteiger charge is 2.14. The number of aliphatic hydroxyl groups excluding tert-OH is 1. The summed E-state index contributed by atoms with van der Waals surface area (Å²) in [6.45, 7) is 2.71. The first-order chi connectivity index (χ1) is 9.15. The Hall–Kier alpha value is -1.59. The largest absolute Gasteiger partial charge is 0.495 e. The van der Waals surface area contributed by atoms with E-state index in [1.54, 1.807) is 30.0 Å². The summed E-state index contributed by atoms with van der Waals surface area (Å²) in [4.78, 5) is 4.14. The lowest BCUT2D eigenvalue weighted by Gasteiger charge is -2.12. The molecule has 0 bridgehead atoms. The van der Waals surface area contributed by atoms with Crippen molar-refractivity contribution in [3.8, 4) is 5.75 Å². The van der Waals surface area contributed by atoms with Crippen molar-refractivity contribution in [2.45, 2.75) is 26.0 Å². The van der Waals surface area contributed by atoms with Gasteiger partial charge >= 0.3 is 0 Å². The molecule has 1 aromatic carbocycles. The third-order valence-electron chi connectivity index (χ3n) is 2.93. The molecule has 2 aromatic rings. The molecule has 1 unspecified atom stereocenters. The number of benzene rings is 1. The van der Waals surface area contributed by atoms with Crippen molar-refractivity contribution >= 4 is 11.6 Å². The van der Waals surface area contributed by atoms with Gasteiger partial charge in [0.15, 0.2) is 0 Å². The van der Waals surface area contributed by atoms with Crippen molar-refractivity contribution in [1.82, 2.24) is 14.8 Å². The lowest BCUT2D eigenvalue weighted by atomic mass is 10.1. The number of aliphatic hydroxyl groups is 1. The Balaban J connectivity index is 2.16. The van der Waals surface area contributed by atoms with Gasteiger partial charge in [-0.2, -0.15) is 5.10 Å². The van der Waals surface area contributed by atoms with Gasteiger partial charge in [-0.3, -0.25) is 4.68 Å². The van der Waals surface area contributed by atoms with Gasteiger partial charge in [0.1, 0.15) is 17.9 Å². The molecular formula is C13H16ClN3O2. The summed E-state index contributed by atoms with van der Waals surface area (Å²) >= 11 is 6.04. The molecule has 0 aliphatic carbocycles. The van der Waals surface area contributed by atoms with Crippen molar-refractivity contribution in [2.24, 2.45) is 0 Å². The van der Waals surface area contributed by atoms with Crippen LogP contribution >= 0.6 is 11.6 Å². The molecule has 0 aliphatic heterocycles. The molecule has 0 fully saturated rings. The third-order valence-corrected chi connectivity index (χ3v) is 3.23. The van der Waals surface area contributed by atoms with Crippen molar-refractivity contribution < 1.29 is 9.84 Å². The zero-order valence-electron chi connectivity index (χ0n) is 10.9. The first kappa shape index (κ1) is 13.8. The van der Waals surface area contributed by atoms with E-state index >= 15 is 0 Å². The van der Waals surface area contributed by atoms with Crippen LogP contribution in [0, 0.1) is 0 Å². The Morgan fingerprint density at radius 3 is 2.89 bits per heavy atom. The molecule has 0 aliphatic rings. The maximum atomic E-state index is 10.2. The van der Waals surface area contributed by atoms with E-state index in [4.69, 9.17) is 16.3 Å². The monoisotopic (exact) mass is 281 g/mol. The second-order valence-corrected chi connectivity index (χ2v) is 4.51. The molecule has 0 saturated carbocycles. The normalized spacial score (nSPS) is 12.4. The van der Waals surface area contributed by atoms with Crippen LogP contribution in [0.3, 0.4) is 0 Å². The van der Waals surface area contributed by atoms with Crippen LogP contribution in [-0.2, 0) is 13.0 Å². The van der Waals surface area contributed by atoms with Crippen LogP contribution in [0.25, 0.3) is 0 Å². The molecule has 0 radical (unpaired) electrons. The predicted molar refractivity (Wildman–Crippen MR) is 72.4 cm³/mol. The van der Waals surface area contributed by atoms with Crippen molar-refractivity contribution in [1.29, 1.82) is 0 Å². The third kappa shape index (κ3) is 3.05. The van der Waals surface area contributed by atoms with E-state index < -0.39 is 6.10 Å². The lowest BCUT2D eigenvalue weighted by molar-refractivity contribution is 0.174. The SMILES string of the molecule is CCn1ncnc1CC(O)c1ccc(OC)c(Cl)c1. The second-order valence-electron chi connectivity index (χ2n) is 4.11. The Morgan fingerprint density at radius 2 is 2.26 bits per heavy atom. The van der Waals surface area contributed by atoms with Crippen LogP contribution < -0.4 is 4.74 Å². The summed E-state index contributed by atoms with van der Waals surface area (Å²) in [5, 5.41) is 14.8. The first-order valence-corrected chi connectivity index (χ1v) is 6.41. The molecule has 0 saturated heterocycles. The molecule has 19 heavy (non-hydrogen) atoms. The van der Waals surface area contributed by atoms with Gasteiger partial charge < -0.3 is 9.84 Å². The van der Waals surface area contributed by atoms with Crippen LogP contribution in [0.4, 0.5) is 0 Å². The maximum absolute atomic E-state index is 10.2. The number of aryl methyl sites for hydroxylation is 1. The minimum Gasteiger partial charge on any atom is -0.495 e. The maximum Gasteiger partial charge on any atom is 0.138 e. The van der Waals surface area contributed by atoms with Gasteiger partial charge in [-0.25, -0.2) is 4.98 Å². The van der Waals surface area contributed by atoms with Gasteiger partial charge in [0.25, 0.3) is 0 Å². The molecule has 0 spiro atoms. The average molecular weight is 282 g/mol. The number of hydrogen-bond acceptors (Lipinski definition) is 4. The van der Waals surface area contributed by atoms with Crippen LogP contribution in [0.2, 0.25) is 5.02 Å². The molecular weight excluding hydrogens is 266 g/mol. The topological polar surface area (TPSA) is 60.2 Å². The van der Waals surface area contributed by atoms with Crippen molar-refractivity contribution in [3.63, 3.8) is 0 Å². The van der Waals surface area contributed by atoms with Gasteiger partial charge in [0, 0.05) is 13.0 Å². The van der Waals surface area contributed by atoms with Gasteiger partial charge in [-0.05, 0) is 24.6 Å². The Bertz CT molecular complexity index is 557. The molecule has 1 heterocycles. The van der Waals surface area contributed by atoms with Crippen LogP contribution in [0.1, 0.15) is 24.4 Å². The van der Waals surface area contributed by atoms with E-state index in [-0.39, 0.29) is 0 Å². The number of ether oxygens (including phenoxy) is 1. The summed E-state index contributed by atoms with van der Waals surface area (Å²) < 4.78 is 6.84. The predicted octanol–water partition coefficient (Wildman–Crippen LogP) is 2.24.